The highest BCUT2D eigenvalue weighted by molar-refractivity contribution is 5.25. The summed E-state index contributed by atoms with van der Waals surface area (Å²) in [6.07, 6.45) is 10.5. The zero-order chi connectivity index (χ0) is 30.4. The van der Waals surface area contributed by atoms with Crippen LogP contribution in [0, 0.1) is 52.3 Å². The van der Waals surface area contributed by atoms with Crippen molar-refractivity contribution in [3.05, 3.63) is 11.6 Å². The molecule has 42 heavy (non-hydrogen) atoms. The Morgan fingerprint density at radius 3 is 2.43 bits per heavy atom. The number of aliphatic hydroxyl groups is 3. The molecule has 0 amide bonds. The minimum absolute atomic E-state index is 0.0265. The van der Waals surface area contributed by atoms with Crippen molar-refractivity contribution in [1.29, 1.82) is 0 Å². The van der Waals surface area contributed by atoms with Gasteiger partial charge in [-0.25, -0.2) is 10.7 Å². The highest BCUT2D eigenvalue weighted by Crippen LogP contribution is 2.67. The van der Waals surface area contributed by atoms with Gasteiger partial charge in [0, 0.05) is 0 Å². The molecule has 0 spiro atoms. The highest BCUT2D eigenvalue weighted by atomic mass is 16.7. The van der Waals surface area contributed by atoms with E-state index in [-0.39, 0.29) is 18.1 Å². The van der Waals surface area contributed by atoms with Crippen molar-refractivity contribution in [2.45, 2.75) is 149 Å². The van der Waals surface area contributed by atoms with Crippen molar-refractivity contribution in [3.8, 4) is 0 Å². The largest absolute Gasteiger partial charge is 0.387 e. The number of ether oxygens (including phenoxy) is 2. The van der Waals surface area contributed by atoms with Gasteiger partial charge in [0.1, 0.15) is 31.0 Å². The van der Waals surface area contributed by atoms with Crippen molar-refractivity contribution >= 4 is 0 Å². The van der Waals surface area contributed by atoms with Gasteiger partial charge in [-0.1, -0.05) is 66.0 Å². The lowest BCUT2D eigenvalue weighted by molar-refractivity contribution is -0.692. The summed E-state index contributed by atoms with van der Waals surface area (Å²) in [7, 11) is 0. The molecule has 1 aliphatic heterocycles. The zero-order valence-corrected chi connectivity index (χ0v) is 27.3. The normalized spacial score (nSPS) is 46.9. The third-order valence-corrected chi connectivity index (χ3v) is 13.6. The van der Waals surface area contributed by atoms with Gasteiger partial charge in [0.25, 0.3) is 0 Å². The molecular formula is C35H62NO6+. The summed E-state index contributed by atoms with van der Waals surface area (Å²) >= 11 is 0. The fraction of sp³-hybridized carbons (Fsp3) is 0.943. The quantitative estimate of drug-likeness (QED) is 0.209. The van der Waals surface area contributed by atoms with Gasteiger partial charge in [0.2, 0.25) is 0 Å². The third kappa shape index (κ3) is 5.90. The van der Waals surface area contributed by atoms with E-state index in [1.807, 2.05) is 0 Å². The number of quaternary nitrogens is 1. The van der Waals surface area contributed by atoms with E-state index < -0.39 is 30.7 Å². The molecule has 0 radical (unpaired) electrons. The van der Waals surface area contributed by atoms with Crippen LogP contribution in [0.15, 0.2) is 11.6 Å². The van der Waals surface area contributed by atoms with E-state index in [1.54, 1.807) is 0 Å². The van der Waals surface area contributed by atoms with Crippen molar-refractivity contribution in [3.63, 3.8) is 0 Å². The molecular weight excluding hydrogens is 530 g/mol. The van der Waals surface area contributed by atoms with Gasteiger partial charge in [0.05, 0.1) is 6.10 Å². The van der Waals surface area contributed by atoms with Crippen LogP contribution in [0.4, 0.5) is 0 Å². The Balaban J connectivity index is 1.23. The van der Waals surface area contributed by atoms with Gasteiger partial charge >= 0.3 is 0 Å². The fourth-order valence-corrected chi connectivity index (χ4v) is 10.9. The lowest BCUT2D eigenvalue weighted by Crippen LogP contribution is -2.62. The smallest absolute Gasteiger partial charge is 0.186 e. The second kappa shape index (κ2) is 13.1. The molecule has 0 aromatic rings. The lowest BCUT2D eigenvalue weighted by Gasteiger charge is -2.58. The average Bonchev–Trinajstić information content (AvgIpc) is 3.32. The molecule has 1 unspecified atom stereocenters. The number of fused-ring (bicyclic) bond motifs is 5. The van der Waals surface area contributed by atoms with Crippen LogP contribution in [-0.4, -0.2) is 58.7 Å². The Kier molecular flexibility index (Phi) is 10.2. The van der Waals surface area contributed by atoms with Gasteiger partial charge in [-0.05, 0) is 110 Å². The molecule has 0 aromatic carbocycles. The minimum Gasteiger partial charge on any atom is -0.387 e. The Morgan fingerprint density at radius 1 is 0.976 bits per heavy atom. The van der Waals surface area contributed by atoms with Crippen molar-refractivity contribution in [1.82, 2.24) is 0 Å². The maximum Gasteiger partial charge on any atom is 0.186 e. The molecule has 5 rings (SSSR count). The Labute approximate surface area is 254 Å². The number of hydrogen-bond acceptors (Lipinski definition) is 6. The van der Waals surface area contributed by atoms with Crippen LogP contribution in [0.25, 0.3) is 0 Å². The first-order valence-electron chi connectivity index (χ1n) is 17.4. The predicted molar refractivity (Wildman–Crippen MR) is 163 cm³/mol. The molecule has 5 aliphatic rings. The fourth-order valence-electron chi connectivity index (χ4n) is 10.9. The van der Waals surface area contributed by atoms with Gasteiger partial charge in [-0.2, -0.15) is 0 Å². The van der Waals surface area contributed by atoms with Crippen molar-refractivity contribution in [2.24, 2.45) is 52.3 Å². The minimum atomic E-state index is -1.34. The van der Waals surface area contributed by atoms with Gasteiger partial charge < -0.3 is 24.8 Å². The van der Waals surface area contributed by atoms with Crippen LogP contribution in [0.3, 0.4) is 0 Å². The number of hydrogen-bond donors (Lipinski definition) is 4. The van der Waals surface area contributed by atoms with E-state index in [9.17, 15) is 15.3 Å². The highest BCUT2D eigenvalue weighted by Gasteiger charge is 2.59. The van der Waals surface area contributed by atoms with Crippen LogP contribution in [0.1, 0.15) is 112 Å². The summed E-state index contributed by atoms with van der Waals surface area (Å²) in [6.45, 7) is 15.0. The first-order chi connectivity index (χ1) is 19.9. The third-order valence-electron chi connectivity index (χ3n) is 13.6. The SMILES string of the molecule is CC[C@H](CC[C@@H](C)[C@H]1CC[C@H]2[C@@H]3CC=C4CC(O[C@@H]5O[C@H](CO[NH3+])[C@@H](O)[C@H](O)[C@H]5O)CC[C@]4(C)[C@H]3CC[C@]12C)C(C)C. The monoisotopic (exact) mass is 592 g/mol. The molecule has 7 nitrogen and oxygen atoms in total. The maximum atomic E-state index is 10.6. The van der Waals surface area contributed by atoms with Crippen LogP contribution in [0.5, 0.6) is 0 Å². The predicted octanol–water partition coefficient (Wildman–Crippen LogP) is 5.03. The number of rotatable bonds is 10. The molecule has 1 saturated heterocycles. The Morgan fingerprint density at radius 2 is 1.74 bits per heavy atom. The molecule has 1 heterocycles. The van der Waals surface area contributed by atoms with Crippen LogP contribution >= 0.6 is 0 Å². The van der Waals surface area contributed by atoms with E-state index in [0.29, 0.717) is 5.41 Å². The van der Waals surface area contributed by atoms with E-state index in [0.717, 1.165) is 60.7 Å². The van der Waals surface area contributed by atoms with Crippen molar-refractivity contribution in [2.75, 3.05) is 6.61 Å². The van der Waals surface area contributed by atoms with E-state index in [1.165, 1.54) is 56.9 Å². The molecule has 0 aromatic heterocycles. The summed E-state index contributed by atoms with van der Waals surface area (Å²) in [6, 6.07) is 0. The van der Waals surface area contributed by atoms with Crippen LogP contribution in [-0.2, 0) is 14.3 Å². The molecule has 7 heteroatoms. The zero-order valence-electron chi connectivity index (χ0n) is 27.3. The summed E-state index contributed by atoms with van der Waals surface area (Å²) in [5, 5.41) is 31.3. The standard InChI is InChI=1S/C35H62NO6/c1-7-22(20(2)3)9-8-21(4)26-12-13-27-25-11-10-23-18-24(14-16-34(23,5)28(25)15-17-35(26,27)6)41-33-32(39)31(38)30(37)29(42-33)19-40-36/h10,20-22,24-33,37-39H,7-9,11-19H2,1-6,36H3/q+1/t21-,22-,24?,25+,26-,27+,28+,29-,30-,31+,32-,33-,34+,35-/m1/s1. The molecule has 3 saturated carbocycles. The van der Waals surface area contributed by atoms with Crippen molar-refractivity contribution < 1.29 is 35.5 Å². The van der Waals surface area contributed by atoms with Gasteiger partial charge in [0.15, 0.2) is 6.29 Å². The van der Waals surface area contributed by atoms with Gasteiger partial charge in [-0.15, -0.1) is 0 Å². The second-order valence-electron chi connectivity index (χ2n) is 15.8. The summed E-state index contributed by atoms with van der Waals surface area (Å²) < 4.78 is 12.1. The first-order valence-corrected chi connectivity index (χ1v) is 17.4. The van der Waals surface area contributed by atoms with Gasteiger partial charge in [-0.3, -0.25) is 0 Å². The molecule has 4 aliphatic carbocycles. The lowest BCUT2D eigenvalue weighted by atomic mass is 9.47. The first kappa shape index (κ1) is 32.8. The van der Waals surface area contributed by atoms with E-state index in [2.05, 4.69) is 53.5 Å². The summed E-state index contributed by atoms with van der Waals surface area (Å²) in [4.78, 5) is 4.91. The maximum absolute atomic E-state index is 10.6. The number of aliphatic hydroxyl groups excluding tert-OH is 3. The Hall–Kier alpha value is -0.540. The molecule has 0 bridgehead atoms. The molecule has 6 N–H and O–H groups in total. The molecule has 242 valence electrons. The molecule has 4 fully saturated rings. The van der Waals surface area contributed by atoms with Crippen LogP contribution in [0.2, 0.25) is 0 Å². The second-order valence-corrected chi connectivity index (χ2v) is 15.8. The Bertz CT molecular complexity index is 942. The van der Waals surface area contributed by atoms with Crippen LogP contribution < -0.4 is 5.90 Å². The molecule has 14 atom stereocenters. The van der Waals surface area contributed by atoms with E-state index >= 15 is 0 Å². The summed E-state index contributed by atoms with van der Waals surface area (Å²) in [5.41, 5.74) is 2.22. The topological polar surface area (TPSA) is 116 Å². The average molecular weight is 593 g/mol. The van der Waals surface area contributed by atoms with E-state index in [4.69, 9.17) is 14.3 Å². The number of allylic oxidation sites excluding steroid dienone is 1. The summed E-state index contributed by atoms with van der Waals surface area (Å²) in [5.74, 6) is 9.06.